The van der Waals surface area contributed by atoms with Gasteiger partial charge in [-0.05, 0) is 99.8 Å². The number of benzene rings is 2. The van der Waals surface area contributed by atoms with E-state index < -0.39 is 11.7 Å². The van der Waals surface area contributed by atoms with Gasteiger partial charge in [-0.1, -0.05) is 23.4 Å². The van der Waals surface area contributed by atoms with E-state index in [2.05, 4.69) is 35.6 Å². The zero-order chi connectivity index (χ0) is 31.6. The zero-order valence-electron chi connectivity index (χ0n) is 25.3. The first-order chi connectivity index (χ1) is 21.6. The van der Waals surface area contributed by atoms with E-state index in [1.165, 1.54) is 6.07 Å². The van der Waals surface area contributed by atoms with Crippen molar-refractivity contribution in [2.24, 2.45) is 0 Å². The second kappa shape index (κ2) is 12.7. The minimum Gasteiger partial charge on any atom is -0.380 e. The standard InChI is InChI=1S/C34H34F3N7O/c1-21-4-5-23(18-40-30-7-6-25(16-28(30)34(35,36)37)24-9-12-44(3)13-10-24)14-31(21)43-33-39-11-8-29(42-33)26-15-27(20-38-19-26)32-22(2)17-41-45-32/h4-8,11,14-17,19-20,24,40H,9-10,12-13,18H2,1-3H3,(H,39,42,43). The number of aromatic nitrogens is 4. The number of halogens is 3. The molecule has 1 aliphatic rings. The van der Waals surface area contributed by atoms with Crippen molar-refractivity contribution in [2.75, 3.05) is 30.8 Å². The lowest BCUT2D eigenvalue weighted by molar-refractivity contribution is -0.137. The number of rotatable bonds is 8. The third-order valence-electron chi connectivity index (χ3n) is 8.27. The molecule has 232 valence electrons. The molecule has 1 saturated heterocycles. The lowest BCUT2D eigenvalue weighted by Crippen LogP contribution is -2.29. The summed E-state index contributed by atoms with van der Waals surface area (Å²) >= 11 is 0. The smallest absolute Gasteiger partial charge is 0.380 e. The Hall–Kier alpha value is -4.77. The summed E-state index contributed by atoms with van der Waals surface area (Å²) < 4.78 is 47.8. The van der Waals surface area contributed by atoms with E-state index in [0.717, 1.165) is 65.0 Å². The fraction of sp³-hybridized carbons (Fsp3) is 0.294. The molecule has 11 heteroatoms. The molecule has 8 nitrogen and oxygen atoms in total. The highest BCUT2D eigenvalue weighted by molar-refractivity contribution is 5.69. The van der Waals surface area contributed by atoms with Crippen molar-refractivity contribution in [3.63, 3.8) is 0 Å². The Morgan fingerprint density at radius 3 is 2.47 bits per heavy atom. The maximum absolute atomic E-state index is 14.1. The summed E-state index contributed by atoms with van der Waals surface area (Å²) in [5, 5.41) is 10.2. The summed E-state index contributed by atoms with van der Waals surface area (Å²) in [6.07, 6.45) is 4.00. The fourth-order valence-corrected chi connectivity index (χ4v) is 5.63. The van der Waals surface area contributed by atoms with Gasteiger partial charge in [-0.15, -0.1) is 0 Å². The largest absolute Gasteiger partial charge is 0.418 e. The normalized spacial score (nSPS) is 14.4. The lowest BCUT2D eigenvalue weighted by Gasteiger charge is -2.29. The lowest BCUT2D eigenvalue weighted by atomic mass is 9.88. The molecule has 0 atom stereocenters. The van der Waals surface area contributed by atoms with Gasteiger partial charge in [0.05, 0.1) is 17.5 Å². The number of nitrogens with one attached hydrogen (secondary N) is 2. The molecule has 1 fully saturated rings. The summed E-state index contributed by atoms with van der Waals surface area (Å²) in [4.78, 5) is 15.6. The monoisotopic (exact) mass is 613 g/mol. The molecule has 2 N–H and O–H groups in total. The molecular formula is C34H34F3N7O. The van der Waals surface area contributed by atoms with E-state index >= 15 is 0 Å². The van der Waals surface area contributed by atoms with Crippen molar-refractivity contribution in [1.82, 2.24) is 25.0 Å². The van der Waals surface area contributed by atoms with Crippen molar-refractivity contribution in [3.05, 3.63) is 101 Å². The Morgan fingerprint density at radius 1 is 0.911 bits per heavy atom. The van der Waals surface area contributed by atoms with Crippen LogP contribution in [-0.4, -0.2) is 45.1 Å². The highest BCUT2D eigenvalue weighted by atomic mass is 19.4. The molecule has 0 spiro atoms. The Labute approximate surface area is 259 Å². The van der Waals surface area contributed by atoms with Gasteiger partial charge >= 0.3 is 6.18 Å². The Kier molecular flexibility index (Phi) is 8.53. The average molecular weight is 614 g/mol. The quantitative estimate of drug-likeness (QED) is 0.182. The number of alkyl halides is 3. The molecule has 5 aromatic rings. The van der Waals surface area contributed by atoms with Crippen LogP contribution < -0.4 is 10.6 Å². The Morgan fingerprint density at radius 2 is 1.71 bits per heavy atom. The van der Waals surface area contributed by atoms with Crippen LogP contribution in [0.2, 0.25) is 0 Å². The van der Waals surface area contributed by atoms with Crippen LogP contribution in [-0.2, 0) is 12.7 Å². The van der Waals surface area contributed by atoms with Crippen molar-refractivity contribution < 1.29 is 17.7 Å². The van der Waals surface area contributed by atoms with Gasteiger partial charge in [0, 0.05) is 53.2 Å². The van der Waals surface area contributed by atoms with Crippen molar-refractivity contribution in [3.8, 4) is 22.6 Å². The van der Waals surface area contributed by atoms with Crippen molar-refractivity contribution in [1.29, 1.82) is 0 Å². The first-order valence-corrected chi connectivity index (χ1v) is 14.8. The minimum absolute atomic E-state index is 0.0710. The van der Waals surface area contributed by atoms with E-state index in [1.807, 2.05) is 51.2 Å². The van der Waals surface area contributed by atoms with Crippen LogP contribution in [0, 0.1) is 13.8 Å². The number of hydrogen-bond donors (Lipinski definition) is 2. The first kappa shape index (κ1) is 30.3. The molecule has 0 aliphatic carbocycles. The van der Waals surface area contributed by atoms with Crippen LogP contribution in [0.5, 0.6) is 0 Å². The molecule has 2 aromatic carbocycles. The molecule has 0 bridgehead atoms. The molecule has 0 unspecified atom stereocenters. The van der Waals surface area contributed by atoms with E-state index in [-0.39, 0.29) is 18.2 Å². The van der Waals surface area contributed by atoms with Gasteiger partial charge in [0.1, 0.15) is 0 Å². The summed E-state index contributed by atoms with van der Waals surface area (Å²) in [5.74, 6) is 1.17. The number of likely N-dealkylation sites (tertiary alicyclic amines) is 1. The van der Waals surface area contributed by atoms with Gasteiger partial charge in [0.15, 0.2) is 5.76 Å². The van der Waals surface area contributed by atoms with Gasteiger partial charge in [-0.25, -0.2) is 9.97 Å². The molecule has 0 saturated carbocycles. The van der Waals surface area contributed by atoms with Gasteiger partial charge in [0.2, 0.25) is 5.95 Å². The molecule has 0 radical (unpaired) electrons. The summed E-state index contributed by atoms with van der Waals surface area (Å²) in [6.45, 7) is 5.85. The van der Waals surface area contributed by atoms with E-state index in [0.29, 0.717) is 17.4 Å². The second-order valence-electron chi connectivity index (χ2n) is 11.6. The van der Waals surface area contributed by atoms with E-state index in [4.69, 9.17) is 4.52 Å². The van der Waals surface area contributed by atoms with Crippen molar-refractivity contribution in [2.45, 2.75) is 45.3 Å². The van der Waals surface area contributed by atoms with E-state index in [1.54, 1.807) is 36.9 Å². The molecule has 3 aromatic heterocycles. The molecule has 0 amide bonds. The van der Waals surface area contributed by atoms with Crippen LogP contribution >= 0.6 is 0 Å². The fourth-order valence-electron chi connectivity index (χ4n) is 5.63. The molecule has 1 aliphatic heterocycles. The minimum atomic E-state index is -4.46. The van der Waals surface area contributed by atoms with Gasteiger partial charge in [-0.2, -0.15) is 13.2 Å². The van der Waals surface area contributed by atoms with Crippen LogP contribution in [0.25, 0.3) is 22.6 Å². The summed E-state index contributed by atoms with van der Waals surface area (Å²) in [6, 6.07) is 14.2. The predicted octanol–water partition coefficient (Wildman–Crippen LogP) is 7.99. The average Bonchev–Trinajstić information content (AvgIpc) is 3.47. The molecule has 45 heavy (non-hydrogen) atoms. The molecular weight excluding hydrogens is 579 g/mol. The third kappa shape index (κ3) is 6.99. The van der Waals surface area contributed by atoms with Crippen LogP contribution in [0.1, 0.15) is 46.6 Å². The molecule has 4 heterocycles. The number of piperidine rings is 1. The topological polar surface area (TPSA) is 92.0 Å². The van der Waals surface area contributed by atoms with Gasteiger partial charge in [0.25, 0.3) is 0 Å². The SMILES string of the molecule is Cc1ccc(CNc2ccc(C3CCN(C)CC3)cc2C(F)(F)F)cc1Nc1nccc(-c2cncc(-c3oncc3C)c2)n1. The number of pyridine rings is 1. The predicted molar refractivity (Wildman–Crippen MR) is 168 cm³/mol. The number of anilines is 3. The van der Waals surface area contributed by atoms with Gasteiger partial charge < -0.3 is 20.1 Å². The summed E-state index contributed by atoms with van der Waals surface area (Å²) in [5.41, 5.74) is 5.84. The van der Waals surface area contributed by atoms with E-state index in [9.17, 15) is 13.2 Å². The Balaban J connectivity index is 1.18. The highest BCUT2D eigenvalue weighted by Crippen LogP contribution is 2.39. The maximum atomic E-state index is 14.1. The number of nitrogens with zero attached hydrogens (tertiary/aromatic N) is 5. The van der Waals surface area contributed by atoms with Crippen LogP contribution in [0.3, 0.4) is 0 Å². The van der Waals surface area contributed by atoms with Crippen LogP contribution in [0.4, 0.5) is 30.5 Å². The van der Waals surface area contributed by atoms with Crippen molar-refractivity contribution >= 4 is 17.3 Å². The Bertz CT molecular complexity index is 1800. The summed E-state index contributed by atoms with van der Waals surface area (Å²) in [7, 11) is 2.04. The zero-order valence-corrected chi connectivity index (χ0v) is 25.3. The number of aryl methyl sites for hydroxylation is 2. The van der Waals surface area contributed by atoms with Crippen LogP contribution in [0.15, 0.2) is 77.8 Å². The number of hydrogen-bond acceptors (Lipinski definition) is 8. The third-order valence-corrected chi connectivity index (χ3v) is 8.27. The van der Waals surface area contributed by atoms with Gasteiger partial charge in [-0.3, -0.25) is 4.98 Å². The molecule has 6 rings (SSSR count). The first-order valence-electron chi connectivity index (χ1n) is 14.8. The maximum Gasteiger partial charge on any atom is 0.418 e. The second-order valence-corrected chi connectivity index (χ2v) is 11.6. The highest BCUT2D eigenvalue weighted by Gasteiger charge is 2.34.